The molecule has 0 fully saturated rings. The maximum absolute atomic E-state index is 13.5. The van der Waals surface area contributed by atoms with Gasteiger partial charge in [0.15, 0.2) is 0 Å². The summed E-state index contributed by atoms with van der Waals surface area (Å²) >= 11 is 0. The number of carbonyl (C=O) groups is 1. The van der Waals surface area contributed by atoms with Crippen molar-refractivity contribution in [2.45, 2.75) is 12.8 Å². The van der Waals surface area contributed by atoms with Crippen LogP contribution in [-0.4, -0.2) is 23.4 Å². The molecule has 0 radical (unpaired) electrons. The second-order valence-corrected chi connectivity index (χ2v) is 5.15. The minimum Gasteiger partial charge on any atom is -0.493 e. The lowest BCUT2D eigenvalue weighted by molar-refractivity contribution is 0.0697. The monoisotopic (exact) mass is 314 g/mol. The van der Waals surface area contributed by atoms with E-state index in [2.05, 4.69) is 10.5 Å². The summed E-state index contributed by atoms with van der Waals surface area (Å²) in [6, 6.07) is 10.7. The standard InChI is InChI=1S/C17H15FN2O3/c18-12-6-7-16-14(10-12)15(5-2-8-23-16)20-19-13-4-1-3-11(9-13)17(21)22/h1,3-4,6-7,9-10,19H,2,5,8H2,(H,21,22)/b20-15-. The highest BCUT2D eigenvalue weighted by atomic mass is 19.1. The van der Waals surface area contributed by atoms with Gasteiger partial charge < -0.3 is 9.84 Å². The summed E-state index contributed by atoms with van der Waals surface area (Å²) in [6.45, 7) is 0.548. The summed E-state index contributed by atoms with van der Waals surface area (Å²) in [5.41, 5.74) is 4.87. The number of nitrogens with zero attached hydrogens (tertiary/aromatic N) is 1. The number of carboxylic acid groups (broad SMARTS) is 1. The second-order valence-electron chi connectivity index (χ2n) is 5.15. The normalized spacial score (nSPS) is 15.4. The third-order valence-corrected chi connectivity index (χ3v) is 3.50. The third-order valence-electron chi connectivity index (χ3n) is 3.50. The van der Waals surface area contributed by atoms with E-state index in [1.165, 1.54) is 24.3 Å². The van der Waals surface area contributed by atoms with Gasteiger partial charge in [0.2, 0.25) is 0 Å². The molecule has 0 bridgehead atoms. The van der Waals surface area contributed by atoms with Crippen LogP contribution in [0, 0.1) is 5.82 Å². The van der Waals surface area contributed by atoms with Crippen molar-refractivity contribution in [2.24, 2.45) is 5.10 Å². The van der Waals surface area contributed by atoms with E-state index in [9.17, 15) is 9.18 Å². The van der Waals surface area contributed by atoms with Crippen molar-refractivity contribution >= 4 is 17.4 Å². The van der Waals surface area contributed by atoms with Crippen LogP contribution >= 0.6 is 0 Å². The van der Waals surface area contributed by atoms with E-state index < -0.39 is 5.97 Å². The van der Waals surface area contributed by atoms with E-state index in [1.54, 1.807) is 18.2 Å². The van der Waals surface area contributed by atoms with Crippen LogP contribution < -0.4 is 10.2 Å². The van der Waals surface area contributed by atoms with E-state index in [-0.39, 0.29) is 11.4 Å². The van der Waals surface area contributed by atoms with Gasteiger partial charge in [0, 0.05) is 5.56 Å². The van der Waals surface area contributed by atoms with Crippen molar-refractivity contribution in [3.05, 3.63) is 59.4 Å². The average molecular weight is 314 g/mol. The number of fused-ring (bicyclic) bond motifs is 1. The van der Waals surface area contributed by atoms with Gasteiger partial charge in [-0.3, -0.25) is 5.43 Å². The van der Waals surface area contributed by atoms with Crippen molar-refractivity contribution < 1.29 is 19.0 Å². The fourth-order valence-corrected chi connectivity index (χ4v) is 2.38. The van der Waals surface area contributed by atoms with Crippen LogP contribution in [-0.2, 0) is 0 Å². The van der Waals surface area contributed by atoms with Gasteiger partial charge in [-0.2, -0.15) is 5.10 Å². The SMILES string of the molecule is O=C(O)c1cccc(N/N=C2/CCCOc3ccc(F)cc32)c1. The molecule has 1 aliphatic rings. The zero-order valence-electron chi connectivity index (χ0n) is 12.3. The minimum atomic E-state index is -1.00. The number of nitrogens with one attached hydrogen (secondary N) is 1. The van der Waals surface area contributed by atoms with Crippen LogP contribution in [0.15, 0.2) is 47.6 Å². The number of hydrogen-bond acceptors (Lipinski definition) is 4. The molecule has 6 heteroatoms. The van der Waals surface area contributed by atoms with E-state index in [0.29, 0.717) is 35.7 Å². The highest BCUT2D eigenvalue weighted by Crippen LogP contribution is 2.25. The van der Waals surface area contributed by atoms with E-state index in [4.69, 9.17) is 9.84 Å². The predicted molar refractivity (Wildman–Crippen MR) is 84.7 cm³/mol. The maximum Gasteiger partial charge on any atom is 0.335 e. The molecule has 0 aromatic heterocycles. The summed E-state index contributed by atoms with van der Waals surface area (Å²) in [5.74, 6) is -0.754. The van der Waals surface area contributed by atoms with E-state index in [1.807, 2.05) is 0 Å². The lowest BCUT2D eigenvalue weighted by Crippen LogP contribution is -2.05. The van der Waals surface area contributed by atoms with Crippen LogP contribution in [0.4, 0.5) is 10.1 Å². The molecule has 0 aliphatic carbocycles. The Labute approximate surface area is 132 Å². The van der Waals surface area contributed by atoms with E-state index >= 15 is 0 Å². The largest absolute Gasteiger partial charge is 0.493 e. The first kappa shape index (κ1) is 15.0. The zero-order valence-corrected chi connectivity index (χ0v) is 12.3. The summed E-state index contributed by atoms with van der Waals surface area (Å²) in [6.07, 6.45) is 1.41. The fraction of sp³-hybridized carbons (Fsp3) is 0.176. The Morgan fingerprint density at radius 1 is 1.26 bits per heavy atom. The molecular weight excluding hydrogens is 299 g/mol. The van der Waals surface area contributed by atoms with Crippen LogP contribution in [0.3, 0.4) is 0 Å². The number of hydrazone groups is 1. The number of benzene rings is 2. The number of anilines is 1. The minimum absolute atomic E-state index is 0.172. The van der Waals surface area contributed by atoms with Gasteiger partial charge in [-0.15, -0.1) is 0 Å². The van der Waals surface area contributed by atoms with Crippen LogP contribution in [0.1, 0.15) is 28.8 Å². The van der Waals surface area contributed by atoms with E-state index in [0.717, 1.165) is 6.42 Å². The summed E-state index contributed by atoms with van der Waals surface area (Å²) < 4.78 is 19.1. The number of halogens is 1. The molecule has 2 aromatic rings. The Balaban J connectivity index is 1.89. The molecule has 1 aliphatic heterocycles. The van der Waals surface area contributed by atoms with Crippen molar-refractivity contribution in [3.8, 4) is 5.75 Å². The lowest BCUT2D eigenvalue weighted by atomic mass is 10.1. The first-order chi connectivity index (χ1) is 11.1. The molecule has 2 aromatic carbocycles. The Morgan fingerprint density at radius 2 is 2.13 bits per heavy atom. The van der Waals surface area contributed by atoms with Crippen molar-refractivity contribution in [2.75, 3.05) is 12.0 Å². The molecule has 1 heterocycles. The first-order valence-corrected chi connectivity index (χ1v) is 7.22. The predicted octanol–water partition coefficient (Wildman–Crippen LogP) is 3.51. The van der Waals surface area contributed by atoms with Crippen LogP contribution in [0.5, 0.6) is 5.75 Å². The van der Waals surface area contributed by atoms with Crippen LogP contribution in [0.2, 0.25) is 0 Å². The summed E-state index contributed by atoms with van der Waals surface area (Å²) in [4.78, 5) is 11.0. The molecule has 2 N–H and O–H groups in total. The van der Waals surface area contributed by atoms with Crippen molar-refractivity contribution in [1.29, 1.82) is 0 Å². The molecule has 0 saturated carbocycles. The fourth-order valence-electron chi connectivity index (χ4n) is 2.38. The highest BCUT2D eigenvalue weighted by molar-refractivity contribution is 6.03. The molecule has 0 atom stereocenters. The van der Waals surface area contributed by atoms with Crippen molar-refractivity contribution in [1.82, 2.24) is 0 Å². The number of hydrogen-bond donors (Lipinski definition) is 2. The molecule has 0 spiro atoms. The molecule has 0 amide bonds. The third kappa shape index (κ3) is 3.48. The molecule has 118 valence electrons. The molecule has 5 nitrogen and oxygen atoms in total. The number of rotatable bonds is 3. The topological polar surface area (TPSA) is 70.9 Å². The number of ether oxygens (including phenoxy) is 1. The van der Waals surface area contributed by atoms with Gasteiger partial charge in [-0.05, 0) is 49.2 Å². The molecular formula is C17H15FN2O3. The Morgan fingerprint density at radius 3 is 2.96 bits per heavy atom. The summed E-state index contributed by atoms with van der Waals surface area (Å²) in [7, 11) is 0. The number of aromatic carboxylic acids is 1. The molecule has 23 heavy (non-hydrogen) atoms. The van der Waals surface area contributed by atoms with Gasteiger partial charge in [0.25, 0.3) is 0 Å². The van der Waals surface area contributed by atoms with Gasteiger partial charge in [0.1, 0.15) is 11.6 Å². The quantitative estimate of drug-likeness (QED) is 0.851. The molecule has 0 unspecified atom stereocenters. The highest BCUT2D eigenvalue weighted by Gasteiger charge is 2.16. The van der Waals surface area contributed by atoms with Gasteiger partial charge >= 0.3 is 5.97 Å². The van der Waals surface area contributed by atoms with Crippen LogP contribution in [0.25, 0.3) is 0 Å². The van der Waals surface area contributed by atoms with Gasteiger partial charge in [0.05, 0.1) is 23.6 Å². The molecule has 0 saturated heterocycles. The second kappa shape index (κ2) is 6.48. The smallest absolute Gasteiger partial charge is 0.335 e. The maximum atomic E-state index is 13.5. The summed E-state index contributed by atoms with van der Waals surface area (Å²) in [5, 5.41) is 13.3. The zero-order chi connectivity index (χ0) is 16.2. The first-order valence-electron chi connectivity index (χ1n) is 7.22. The molecule has 3 rings (SSSR count). The Hall–Kier alpha value is -2.89. The average Bonchev–Trinajstić information content (AvgIpc) is 2.75. The lowest BCUT2D eigenvalue weighted by Gasteiger charge is -2.09. The van der Waals surface area contributed by atoms with Gasteiger partial charge in [-0.25, -0.2) is 9.18 Å². The van der Waals surface area contributed by atoms with Gasteiger partial charge in [-0.1, -0.05) is 6.07 Å². The van der Waals surface area contributed by atoms with Crippen molar-refractivity contribution in [3.63, 3.8) is 0 Å². The Kier molecular flexibility index (Phi) is 4.23. The Bertz CT molecular complexity index is 774. The number of carboxylic acids is 1.